The van der Waals surface area contributed by atoms with Gasteiger partial charge >= 0.3 is 6.36 Å². The number of alkyl halides is 3. The van der Waals surface area contributed by atoms with Gasteiger partial charge in [-0.3, -0.25) is 0 Å². The van der Waals surface area contributed by atoms with Crippen LogP contribution in [0.2, 0.25) is 0 Å². The molecule has 0 heterocycles. The summed E-state index contributed by atoms with van der Waals surface area (Å²) in [6, 6.07) is 7.37. The molecule has 0 unspecified atom stereocenters. The molecule has 0 amide bonds. The van der Waals surface area contributed by atoms with Crippen LogP contribution in [0.4, 0.5) is 22.0 Å². The third-order valence-corrected chi connectivity index (χ3v) is 4.36. The molecule has 26 heavy (non-hydrogen) atoms. The Morgan fingerprint density at radius 2 is 1.81 bits per heavy atom. The van der Waals surface area contributed by atoms with E-state index in [1.54, 1.807) is 12.1 Å². The maximum atomic E-state index is 14.4. The predicted molar refractivity (Wildman–Crippen MR) is 89.7 cm³/mol. The van der Waals surface area contributed by atoms with Crippen LogP contribution in [0.5, 0.6) is 5.75 Å². The topological polar surface area (TPSA) is 9.23 Å². The highest BCUT2D eigenvalue weighted by Gasteiger charge is 2.33. The van der Waals surface area contributed by atoms with Crippen molar-refractivity contribution in [2.45, 2.75) is 39.0 Å². The van der Waals surface area contributed by atoms with E-state index in [1.165, 1.54) is 12.1 Å². The number of aryl methyl sites for hydroxylation is 1. The minimum atomic E-state index is -4.95. The van der Waals surface area contributed by atoms with Crippen molar-refractivity contribution in [1.29, 1.82) is 0 Å². The molecule has 6 heteroatoms. The van der Waals surface area contributed by atoms with Crippen molar-refractivity contribution in [3.05, 3.63) is 64.2 Å². The minimum Gasteiger partial charge on any atom is -0.403 e. The van der Waals surface area contributed by atoms with Crippen LogP contribution in [0.3, 0.4) is 0 Å². The summed E-state index contributed by atoms with van der Waals surface area (Å²) in [4.78, 5) is 0. The van der Waals surface area contributed by atoms with Gasteiger partial charge in [-0.05, 0) is 53.7 Å². The lowest BCUT2D eigenvalue weighted by molar-refractivity contribution is -0.275. The summed E-state index contributed by atoms with van der Waals surface area (Å²) < 4.78 is 69.4. The lowest BCUT2D eigenvalue weighted by Crippen LogP contribution is -2.18. The second-order valence-corrected chi connectivity index (χ2v) is 6.23. The smallest absolute Gasteiger partial charge is 0.403 e. The third-order valence-electron chi connectivity index (χ3n) is 4.36. The second kappa shape index (κ2) is 7.09. The van der Waals surface area contributed by atoms with Crippen LogP contribution in [-0.2, 0) is 12.8 Å². The van der Waals surface area contributed by atoms with E-state index in [-0.39, 0.29) is 17.8 Å². The molecule has 0 saturated carbocycles. The normalized spacial score (nSPS) is 14.0. The van der Waals surface area contributed by atoms with Gasteiger partial charge in [0, 0.05) is 5.56 Å². The van der Waals surface area contributed by atoms with Crippen LogP contribution in [-0.4, -0.2) is 6.36 Å². The highest BCUT2D eigenvalue weighted by Crippen LogP contribution is 2.37. The zero-order valence-electron chi connectivity index (χ0n) is 14.1. The third kappa shape index (κ3) is 3.89. The Balaban J connectivity index is 1.94. The van der Waals surface area contributed by atoms with E-state index in [0.29, 0.717) is 23.1 Å². The molecule has 1 nitrogen and oxygen atoms in total. The van der Waals surface area contributed by atoms with Gasteiger partial charge in [0.2, 0.25) is 0 Å². The fourth-order valence-corrected chi connectivity index (χ4v) is 3.20. The zero-order valence-corrected chi connectivity index (χ0v) is 14.1. The molecule has 2 aromatic rings. The maximum absolute atomic E-state index is 14.4. The highest BCUT2D eigenvalue weighted by molar-refractivity contribution is 5.85. The van der Waals surface area contributed by atoms with E-state index in [2.05, 4.69) is 4.74 Å². The van der Waals surface area contributed by atoms with Crippen molar-refractivity contribution in [3.63, 3.8) is 0 Å². The quantitative estimate of drug-likeness (QED) is 0.575. The first-order valence-electron chi connectivity index (χ1n) is 8.35. The van der Waals surface area contributed by atoms with Gasteiger partial charge in [-0.2, -0.15) is 0 Å². The number of allylic oxidation sites excluding steroid dienone is 1. The van der Waals surface area contributed by atoms with E-state index in [9.17, 15) is 22.0 Å². The number of benzene rings is 2. The average molecular weight is 368 g/mol. The van der Waals surface area contributed by atoms with Gasteiger partial charge in [0.1, 0.15) is 5.82 Å². The summed E-state index contributed by atoms with van der Waals surface area (Å²) in [6.45, 7) is 2.01. The number of hydrogen-bond donors (Lipinski definition) is 0. The summed E-state index contributed by atoms with van der Waals surface area (Å²) in [5.41, 5.74) is 2.63. The van der Waals surface area contributed by atoms with Crippen molar-refractivity contribution >= 4 is 11.6 Å². The molecule has 0 fully saturated rings. The fraction of sp³-hybridized carbons (Fsp3) is 0.300. The van der Waals surface area contributed by atoms with Crippen molar-refractivity contribution in [2.24, 2.45) is 0 Å². The Morgan fingerprint density at radius 1 is 1.04 bits per heavy atom. The van der Waals surface area contributed by atoms with E-state index < -0.39 is 17.9 Å². The van der Waals surface area contributed by atoms with E-state index in [1.807, 2.05) is 13.0 Å². The Bertz CT molecular complexity index is 852. The van der Waals surface area contributed by atoms with Crippen molar-refractivity contribution < 1.29 is 26.7 Å². The minimum absolute atomic E-state index is 0.151. The lowest BCUT2D eigenvalue weighted by atomic mass is 9.87. The molecule has 3 rings (SSSR count). The standard InChI is InChI=1S/C20H17F5O/c1-2-3-12-4-7-15(17(21)10-12)13-5-8-16-14(11-13)6-9-18(19(16)22)26-20(23,24)25/h4,6-7,9-11H,2-3,5,8H2,1H3. The summed E-state index contributed by atoms with van der Waals surface area (Å²) in [7, 11) is 0. The van der Waals surface area contributed by atoms with Crippen molar-refractivity contribution in [2.75, 3.05) is 0 Å². The van der Waals surface area contributed by atoms with Crippen LogP contribution < -0.4 is 4.74 Å². The molecule has 138 valence electrons. The van der Waals surface area contributed by atoms with Gasteiger partial charge in [0.15, 0.2) is 11.6 Å². The van der Waals surface area contributed by atoms with Crippen LogP contribution >= 0.6 is 0 Å². The second-order valence-electron chi connectivity index (χ2n) is 6.23. The molecule has 2 aromatic carbocycles. The predicted octanol–water partition coefficient (Wildman–Crippen LogP) is 6.30. The highest BCUT2D eigenvalue weighted by atomic mass is 19.4. The molecule has 0 saturated heterocycles. The molecule has 1 aliphatic rings. The van der Waals surface area contributed by atoms with Gasteiger partial charge in [0.25, 0.3) is 0 Å². The summed E-state index contributed by atoms with van der Waals surface area (Å²) in [5.74, 6) is -2.21. The molecule has 0 aromatic heterocycles. The van der Waals surface area contributed by atoms with Crippen LogP contribution in [0, 0.1) is 11.6 Å². The number of fused-ring (bicyclic) bond motifs is 1. The van der Waals surface area contributed by atoms with Crippen LogP contribution in [0.15, 0.2) is 30.3 Å². The molecular weight excluding hydrogens is 351 g/mol. The summed E-state index contributed by atoms with van der Waals surface area (Å²) in [6.07, 6.45) is -1.12. The monoisotopic (exact) mass is 368 g/mol. The molecule has 0 N–H and O–H groups in total. The van der Waals surface area contributed by atoms with Crippen molar-refractivity contribution in [1.82, 2.24) is 0 Å². The molecular formula is C20H17F5O. The summed E-state index contributed by atoms with van der Waals surface area (Å²) in [5, 5.41) is 0. The summed E-state index contributed by atoms with van der Waals surface area (Å²) >= 11 is 0. The van der Waals surface area contributed by atoms with Gasteiger partial charge in [-0.25, -0.2) is 8.78 Å². The molecule has 0 bridgehead atoms. The molecule has 1 aliphatic carbocycles. The molecule has 0 radical (unpaired) electrons. The van der Waals surface area contributed by atoms with Gasteiger partial charge in [-0.15, -0.1) is 13.2 Å². The molecule has 0 atom stereocenters. The Kier molecular flexibility index (Phi) is 5.03. The Morgan fingerprint density at radius 3 is 2.46 bits per heavy atom. The van der Waals surface area contributed by atoms with E-state index in [0.717, 1.165) is 24.5 Å². The fourth-order valence-electron chi connectivity index (χ4n) is 3.20. The maximum Gasteiger partial charge on any atom is 0.573 e. The number of ether oxygens (including phenoxy) is 1. The van der Waals surface area contributed by atoms with E-state index >= 15 is 0 Å². The van der Waals surface area contributed by atoms with Gasteiger partial charge < -0.3 is 4.74 Å². The van der Waals surface area contributed by atoms with Gasteiger partial charge in [-0.1, -0.05) is 37.6 Å². The average Bonchev–Trinajstić information content (AvgIpc) is 2.57. The number of hydrogen-bond acceptors (Lipinski definition) is 1. The van der Waals surface area contributed by atoms with Crippen LogP contribution in [0.1, 0.15) is 42.0 Å². The SMILES string of the molecule is CCCc1ccc(C2=Cc3ccc(OC(F)(F)F)c(F)c3CC2)c(F)c1. The number of halogens is 5. The van der Waals surface area contributed by atoms with Gasteiger partial charge in [0.05, 0.1) is 0 Å². The largest absolute Gasteiger partial charge is 0.573 e. The zero-order chi connectivity index (χ0) is 18.9. The molecule has 0 spiro atoms. The lowest BCUT2D eigenvalue weighted by Gasteiger charge is -2.20. The first-order chi connectivity index (χ1) is 12.3. The first kappa shape index (κ1) is 18.4. The molecule has 0 aliphatic heterocycles. The Hall–Kier alpha value is -2.37. The first-order valence-corrected chi connectivity index (χ1v) is 8.35. The van der Waals surface area contributed by atoms with Crippen molar-refractivity contribution in [3.8, 4) is 5.75 Å². The van der Waals surface area contributed by atoms with Crippen LogP contribution in [0.25, 0.3) is 11.6 Å². The number of rotatable bonds is 4. The Labute approximate surface area is 148 Å². The van der Waals surface area contributed by atoms with E-state index in [4.69, 9.17) is 0 Å².